The Morgan fingerprint density at radius 1 is 0.816 bits per heavy atom. The molecule has 0 radical (unpaired) electrons. The summed E-state index contributed by atoms with van der Waals surface area (Å²) in [5, 5.41) is 10.2. The number of carbonyl (C=O) groups excluding carboxylic acids is 5. The second kappa shape index (κ2) is 15.1. The van der Waals surface area contributed by atoms with Crippen LogP contribution in [0.3, 0.4) is 0 Å². The van der Waals surface area contributed by atoms with Crippen molar-refractivity contribution >= 4 is 41.2 Å². The van der Waals surface area contributed by atoms with E-state index in [9.17, 15) is 34.1 Å². The highest BCUT2D eigenvalue weighted by molar-refractivity contribution is 5.69. The monoisotopic (exact) mass is 543 g/mol. The van der Waals surface area contributed by atoms with E-state index in [0.717, 1.165) is 34.6 Å². The molecule has 1 fully saturated rings. The molecule has 0 spiro atoms. The van der Waals surface area contributed by atoms with E-state index in [2.05, 4.69) is 5.43 Å². The molecule has 1 saturated heterocycles. The Balaban J connectivity index is 0.000000544. The lowest BCUT2D eigenvalue weighted by atomic mass is 9.98. The predicted octanol–water partition coefficient (Wildman–Crippen LogP) is 0.513. The van der Waals surface area contributed by atoms with Crippen LogP contribution < -0.4 is 11.3 Å². The lowest BCUT2D eigenvalue weighted by Crippen LogP contribution is -2.63. The van der Waals surface area contributed by atoms with Gasteiger partial charge < -0.3 is 33.8 Å². The van der Waals surface area contributed by atoms with E-state index >= 15 is 0 Å². The number of rotatable bonds is 8. The number of nitrogens with one attached hydrogen (secondary N) is 1. The maximum absolute atomic E-state index is 11.5. The predicted molar refractivity (Wildman–Crippen MR) is 125 cm³/mol. The number of ether oxygens (including phenoxy) is 6. The summed E-state index contributed by atoms with van der Waals surface area (Å²) in [6.07, 6.45) is -6.70. The van der Waals surface area contributed by atoms with E-state index < -0.39 is 72.1 Å². The molecule has 0 amide bonds. The molecule has 2 rings (SSSR count). The van der Waals surface area contributed by atoms with Crippen molar-refractivity contribution in [1.29, 1.82) is 0 Å². The molecule has 16 nitrogen and oxygen atoms in total. The number of esters is 5. The van der Waals surface area contributed by atoms with Crippen LogP contribution in [0.4, 0.5) is 11.4 Å². The maximum Gasteiger partial charge on any atom is 0.305 e. The molecule has 1 aliphatic heterocycles. The molecule has 0 saturated carbocycles. The van der Waals surface area contributed by atoms with E-state index in [4.69, 9.17) is 34.3 Å². The summed E-state index contributed by atoms with van der Waals surface area (Å²) in [4.78, 5) is 66.7. The number of nitro groups is 1. The molecule has 0 bridgehead atoms. The number of nitrogen functional groups attached to an aromatic ring is 1. The van der Waals surface area contributed by atoms with Crippen LogP contribution in [0, 0.1) is 10.1 Å². The Hall–Kier alpha value is -4.31. The number of hydrogen-bond acceptors (Lipinski definition) is 15. The van der Waals surface area contributed by atoms with Crippen LogP contribution in [0.1, 0.15) is 34.6 Å². The average molecular weight is 543 g/mol. The molecule has 1 heterocycles. The fraction of sp³-hybridized carbons (Fsp3) is 0.500. The van der Waals surface area contributed by atoms with Crippen LogP contribution >= 0.6 is 0 Å². The minimum Gasteiger partial charge on any atom is -0.463 e. The zero-order chi connectivity index (χ0) is 29.0. The molecular formula is C22H29N3O13. The van der Waals surface area contributed by atoms with Crippen molar-refractivity contribution in [2.24, 2.45) is 5.84 Å². The first-order valence-corrected chi connectivity index (χ1v) is 10.9. The molecule has 38 heavy (non-hydrogen) atoms. The quantitative estimate of drug-likeness (QED) is 0.150. The van der Waals surface area contributed by atoms with Crippen molar-refractivity contribution in [2.45, 2.75) is 65.3 Å². The normalized spacial score (nSPS) is 21.9. The molecule has 5 atom stereocenters. The van der Waals surface area contributed by atoms with Gasteiger partial charge in [0.1, 0.15) is 12.7 Å². The standard InChI is InChI=1S/C16H22O11.C6H7N3O2/c1-7(17)22-6-12-13(23-8(2)18)14(24-9(3)19)15(25-10(4)20)16(27-12)26-11(5)21;7-8-5-1-3-6(4-2-5)9(10)11/h12-16H,6H2,1-5H3;1-4,8H,7H2/t12-,13+,14+,15-,16?;/m1./s1. The summed E-state index contributed by atoms with van der Waals surface area (Å²) in [5.41, 5.74) is 3.08. The van der Waals surface area contributed by atoms with Gasteiger partial charge in [0.05, 0.1) is 4.92 Å². The number of nitrogens with zero attached hydrogens (tertiary/aromatic N) is 1. The first-order chi connectivity index (χ1) is 17.7. The molecule has 1 aromatic rings. The highest BCUT2D eigenvalue weighted by Crippen LogP contribution is 2.30. The number of benzene rings is 1. The van der Waals surface area contributed by atoms with Crippen molar-refractivity contribution in [3.63, 3.8) is 0 Å². The highest BCUT2D eigenvalue weighted by atomic mass is 16.7. The summed E-state index contributed by atoms with van der Waals surface area (Å²) >= 11 is 0. The lowest BCUT2D eigenvalue weighted by Gasteiger charge is -2.43. The van der Waals surface area contributed by atoms with Crippen molar-refractivity contribution in [3.8, 4) is 0 Å². The smallest absolute Gasteiger partial charge is 0.305 e. The average Bonchev–Trinajstić information content (AvgIpc) is 2.81. The van der Waals surface area contributed by atoms with Gasteiger partial charge in [0.25, 0.3) is 5.69 Å². The fourth-order valence-electron chi connectivity index (χ4n) is 3.13. The summed E-state index contributed by atoms with van der Waals surface area (Å²) in [6.45, 7) is 5.13. The Morgan fingerprint density at radius 2 is 1.29 bits per heavy atom. The first kappa shape index (κ1) is 31.7. The van der Waals surface area contributed by atoms with Gasteiger partial charge in [-0.15, -0.1) is 0 Å². The largest absolute Gasteiger partial charge is 0.463 e. The number of nitro benzene ring substituents is 1. The third kappa shape index (κ3) is 10.8. The molecule has 16 heteroatoms. The summed E-state index contributed by atoms with van der Waals surface area (Å²) < 4.78 is 30.8. The van der Waals surface area contributed by atoms with Crippen molar-refractivity contribution < 1.29 is 57.3 Å². The minimum atomic E-state index is -1.48. The van der Waals surface area contributed by atoms with Crippen LogP contribution in [0.25, 0.3) is 0 Å². The number of carbonyl (C=O) groups is 5. The third-order valence-corrected chi connectivity index (χ3v) is 4.48. The first-order valence-electron chi connectivity index (χ1n) is 10.9. The van der Waals surface area contributed by atoms with Gasteiger partial charge in [-0.3, -0.25) is 39.9 Å². The second-order valence-corrected chi connectivity index (χ2v) is 7.63. The van der Waals surface area contributed by atoms with Gasteiger partial charge in [0, 0.05) is 52.4 Å². The Kier molecular flexibility index (Phi) is 12.6. The molecule has 3 N–H and O–H groups in total. The van der Waals surface area contributed by atoms with E-state index in [1.54, 1.807) is 0 Å². The lowest BCUT2D eigenvalue weighted by molar-refractivity contribution is -0.384. The highest BCUT2D eigenvalue weighted by Gasteiger charge is 2.53. The van der Waals surface area contributed by atoms with Crippen molar-refractivity contribution in [1.82, 2.24) is 0 Å². The van der Waals surface area contributed by atoms with Gasteiger partial charge >= 0.3 is 29.8 Å². The molecule has 1 aromatic carbocycles. The maximum atomic E-state index is 11.5. The Labute approximate surface area is 216 Å². The SMILES string of the molecule is CC(=O)OC[C@H]1OC(OC(C)=O)[C@H](OC(C)=O)[C@@H](OC(C)=O)[C@H]1OC(C)=O.NNc1ccc([N+](=O)[O-])cc1. The van der Waals surface area contributed by atoms with Gasteiger partial charge in [-0.05, 0) is 12.1 Å². The molecule has 210 valence electrons. The van der Waals surface area contributed by atoms with Crippen LogP contribution in [0.15, 0.2) is 24.3 Å². The van der Waals surface area contributed by atoms with E-state index in [0.29, 0.717) is 5.69 Å². The summed E-state index contributed by atoms with van der Waals surface area (Å²) in [6, 6.07) is 5.85. The van der Waals surface area contributed by atoms with Gasteiger partial charge in [0.2, 0.25) is 12.4 Å². The van der Waals surface area contributed by atoms with Crippen molar-refractivity contribution in [3.05, 3.63) is 34.4 Å². The fourth-order valence-corrected chi connectivity index (χ4v) is 3.13. The minimum absolute atomic E-state index is 0.0593. The zero-order valence-electron chi connectivity index (χ0n) is 21.2. The van der Waals surface area contributed by atoms with E-state index in [-0.39, 0.29) is 5.69 Å². The van der Waals surface area contributed by atoms with Crippen LogP contribution in [0.5, 0.6) is 0 Å². The van der Waals surface area contributed by atoms with Gasteiger partial charge in [0.15, 0.2) is 12.2 Å². The van der Waals surface area contributed by atoms with Gasteiger partial charge in [-0.1, -0.05) is 0 Å². The molecule has 0 aliphatic carbocycles. The third-order valence-electron chi connectivity index (χ3n) is 4.48. The molecule has 1 aliphatic rings. The van der Waals surface area contributed by atoms with E-state index in [1.165, 1.54) is 24.3 Å². The zero-order valence-corrected chi connectivity index (χ0v) is 21.2. The number of non-ortho nitro benzene ring substituents is 1. The summed E-state index contributed by atoms with van der Waals surface area (Å²) in [5.74, 6) is 1.34. The Bertz CT molecular complexity index is 1010. The van der Waals surface area contributed by atoms with Crippen LogP contribution in [-0.4, -0.2) is 72.1 Å². The van der Waals surface area contributed by atoms with E-state index in [1.807, 2.05) is 0 Å². The molecule has 0 aromatic heterocycles. The van der Waals surface area contributed by atoms with Crippen LogP contribution in [-0.2, 0) is 52.4 Å². The topological polar surface area (TPSA) is 222 Å². The van der Waals surface area contributed by atoms with Gasteiger partial charge in [-0.25, -0.2) is 0 Å². The van der Waals surface area contributed by atoms with Gasteiger partial charge in [-0.2, -0.15) is 0 Å². The van der Waals surface area contributed by atoms with Crippen LogP contribution in [0.2, 0.25) is 0 Å². The van der Waals surface area contributed by atoms with Crippen molar-refractivity contribution in [2.75, 3.05) is 12.0 Å². The molecular weight excluding hydrogens is 514 g/mol. The number of nitrogens with two attached hydrogens (primary N) is 1. The summed E-state index contributed by atoms with van der Waals surface area (Å²) in [7, 11) is 0. The number of anilines is 1. The number of hydrazine groups is 1. The second-order valence-electron chi connectivity index (χ2n) is 7.63. The Morgan fingerprint density at radius 3 is 1.71 bits per heavy atom. The number of hydrogen-bond donors (Lipinski definition) is 2. The molecule has 1 unspecified atom stereocenters.